The van der Waals surface area contributed by atoms with Gasteiger partial charge in [0.1, 0.15) is 5.82 Å². The van der Waals surface area contributed by atoms with Crippen LogP contribution >= 0.6 is 0 Å². The molecule has 28 heavy (non-hydrogen) atoms. The lowest BCUT2D eigenvalue weighted by atomic mass is 10.00. The molecule has 8 nitrogen and oxygen atoms in total. The summed E-state index contributed by atoms with van der Waals surface area (Å²) in [5.74, 6) is 1.13. The smallest absolute Gasteiger partial charge is 0.243 e. The normalized spacial score (nSPS) is 18.2. The van der Waals surface area contributed by atoms with Gasteiger partial charge in [-0.2, -0.15) is 9.29 Å². The number of rotatable bonds is 4. The Morgan fingerprint density at radius 3 is 2.68 bits per heavy atom. The fraction of sp³-hybridized carbons (Fsp3) is 0.316. The molecule has 0 radical (unpaired) electrons. The Balaban J connectivity index is 1.54. The van der Waals surface area contributed by atoms with Gasteiger partial charge >= 0.3 is 0 Å². The molecule has 2 aromatic heterocycles. The molecule has 1 unspecified atom stereocenters. The Bertz CT molecular complexity index is 1060. The molecule has 146 valence electrons. The Morgan fingerprint density at radius 1 is 1.18 bits per heavy atom. The largest absolute Gasteiger partial charge is 0.384 e. The lowest BCUT2D eigenvalue weighted by molar-refractivity contribution is 0.265. The number of hydrogen-bond acceptors (Lipinski definition) is 7. The summed E-state index contributed by atoms with van der Waals surface area (Å²) in [5, 5.41) is 4.01. The van der Waals surface area contributed by atoms with Gasteiger partial charge in [0.25, 0.3) is 0 Å². The molecule has 1 aliphatic rings. The average Bonchev–Trinajstić information content (AvgIpc) is 3.19. The highest BCUT2D eigenvalue weighted by Crippen LogP contribution is 2.30. The first kappa shape index (κ1) is 18.6. The van der Waals surface area contributed by atoms with Crippen molar-refractivity contribution < 1.29 is 12.9 Å². The summed E-state index contributed by atoms with van der Waals surface area (Å²) in [6, 6.07) is 10.3. The fourth-order valence-corrected chi connectivity index (χ4v) is 4.80. The lowest BCUT2D eigenvalue weighted by Crippen LogP contribution is -2.39. The summed E-state index contributed by atoms with van der Waals surface area (Å²) < 4.78 is 32.9. The van der Waals surface area contributed by atoms with Crippen LogP contribution in [0.1, 0.15) is 30.2 Å². The van der Waals surface area contributed by atoms with E-state index in [1.54, 1.807) is 42.6 Å². The Hall–Kier alpha value is -2.78. The molecule has 1 aliphatic heterocycles. The van der Waals surface area contributed by atoms with Crippen LogP contribution in [0.3, 0.4) is 0 Å². The maximum absolute atomic E-state index is 13.0. The summed E-state index contributed by atoms with van der Waals surface area (Å²) in [5.41, 5.74) is 7.32. The molecule has 0 aliphatic carbocycles. The fourth-order valence-electron chi connectivity index (χ4n) is 3.28. The summed E-state index contributed by atoms with van der Waals surface area (Å²) in [4.78, 5) is 8.79. The third-order valence-corrected chi connectivity index (χ3v) is 6.76. The van der Waals surface area contributed by atoms with E-state index in [9.17, 15) is 8.42 Å². The number of nitrogens with zero attached hydrogens (tertiary/aromatic N) is 4. The second-order valence-corrected chi connectivity index (χ2v) is 8.88. The SMILES string of the molecule is Cc1ccc(S(=O)(=O)N2CCCC(c3nc(-c4ccc(N)nc4)no3)C2)cc1. The van der Waals surface area contributed by atoms with Crippen molar-refractivity contribution >= 4 is 15.8 Å². The lowest BCUT2D eigenvalue weighted by Gasteiger charge is -2.30. The van der Waals surface area contributed by atoms with Crippen molar-refractivity contribution in [1.29, 1.82) is 0 Å². The van der Waals surface area contributed by atoms with E-state index in [2.05, 4.69) is 15.1 Å². The van der Waals surface area contributed by atoms with Gasteiger partial charge in [-0.3, -0.25) is 0 Å². The topological polar surface area (TPSA) is 115 Å². The van der Waals surface area contributed by atoms with Gasteiger partial charge in [0.2, 0.25) is 21.7 Å². The number of anilines is 1. The Morgan fingerprint density at radius 2 is 1.96 bits per heavy atom. The molecule has 2 N–H and O–H groups in total. The van der Waals surface area contributed by atoms with E-state index in [0.29, 0.717) is 41.1 Å². The highest BCUT2D eigenvalue weighted by atomic mass is 32.2. The van der Waals surface area contributed by atoms with Gasteiger partial charge in [0.05, 0.1) is 10.8 Å². The van der Waals surface area contributed by atoms with Crippen LogP contribution in [-0.4, -0.2) is 40.9 Å². The number of aryl methyl sites for hydroxylation is 1. The van der Waals surface area contributed by atoms with Gasteiger partial charge in [0.15, 0.2) is 0 Å². The maximum atomic E-state index is 13.0. The second-order valence-electron chi connectivity index (χ2n) is 6.94. The number of aromatic nitrogens is 3. The molecule has 3 aromatic rings. The van der Waals surface area contributed by atoms with E-state index >= 15 is 0 Å². The third-order valence-electron chi connectivity index (χ3n) is 4.88. The van der Waals surface area contributed by atoms with Gasteiger partial charge in [0, 0.05) is 24.8 Å². The zero-order valence-corrected chi connectivity index (χ0v) is 16.3. The van der Waals surface area contributed by atoms with Crippen molar-refractivity contribution in [3.05, 3.63) is 54.0 Å². The minimum absolute atomic E-state index is 0.142. The summed E-state index contributed by atoms with van der Waals surface area (Å²) in [6.45, 7) is 2.73. The predicted molar refractivity (Wildman–Crippen MR) is 104 cm³/mol. The summed E-state index contributed by atoms with van der Waals surface area (Å²) in [6.07, 6.45) is 3.11. The van der Waals surface area contributed by atoms with Gasteiger partial charge in [-0.15, -0.1) is 0 Å². The van der Waals surface area contributed by atoms with Crippen LogP contribution in [0.15, 0.2) is 52.0 Å². The van der Waals surface area contributed by atoms with E-state index in [1.165, 1.54) is 4.31 Å². The molecule has 1 atom stereocenters. The van der Waals surface area contributed by atoms with E-state index in [0.717, 1.165) is 18.4 Å². The first-order chi connectivity index (χ1) is 13.4. The van der Waals surface area contributed by atoms with Crippen LogP contribution in [0, 0.1) is 6.92 Å². The number of sulfonamides is 1. The van der Waals surface area contributed by atoms with Crippen LogP contribution in [0.2, 0.25) is 0 Å². The van der Waals surface area contributed by atoms with Crippen molar-refractivity contribution in [2.75, 3.05) is 18.8 Å². The molecule has 1 fully saturated rings. The predicted octanol–water partition coefficient (Wildman–Crippen LogP) is 2.59. The standard InChI is InChI=1S/C19H21N5O3S/c1-13-4-7-16(8-5-13)28(25,26)24-10-2-3-15(12-24)19-22-18(23-27-19)14-6-9-17(20)21-11-14/h4-9,11,15H,2-3,10,12H2,1H3,(H2,20,21). The zero-order valence-electron chi connectivity index (χ0n) is 15.4. The molecule has 0 spiro atoms. The minimum atomic E-state index is -3.55. The van der Waals surface area contributed by atoms with Crippen LogP contribution in [0.25, 0.3) is 11.4 Å². The first-order valence-electron chi connectivity index (χ1n) is 9.06. The van der Waals surface area contributed by atoms with Gasteiger partial charge in [-0.1, -0.05) is 22.9 Å². The van der Waals surface area contributed by atoms with Crippen molar-refractivity contribution in [2.45, 2.75) is 30.6 Å². The first-order valence-corrected chi connectivity index (χ1v) is 10.5. The quantitative estimate of drug-likeness (QED) is 0.717. The van der Waals surface area contributed by atoms with Crippen molar-refractivity contribution in [2.24, 2.45) is 0 Å². The third kappa shape index (κ3) is 3.63. The van der Waals surface area contributed by atoms with Gasteiger partial charge in [-0.05, 0) is 44.0 Å². The molecule has 3 heterocycles. The average molecular weight is 399 g/mol. The molecule has 1 aromatic carbocycles. The molecule has 0 amide bonds. The molecule has 9 heteroatoms. The van der Waals surface area contributed by atoms with E-state index in [4.69, 9.17) is 10.3 Å². The van der Waals surface area contributed by atoms with Gasteiger partial charge < -0.3 is 10.3 Å². The zero-order chi connectivity index (χ0) is 19.7. The molecule has 0 bridgehead atoms. The monoisotopic (exact) mass is 399 g/mol. The van der Waals surface area contributed by atoms with E-state index < -0.39 is 10.0 Å². The second kappa shape index (κ2) is 7.33. The summed E-state index contributed by atoms with van der Waals surface area (Å²) in [7, 11) is -3.55. The van der Waals surface area contributed by atoms with Crippen LogP contribution in [-0.2, 0) is 10.0 Å². The number of pyridine rings is 1. The molecule has 1 saturated heterocycles. The molecular formula is C19H21N5O3S. The van der Waals surface area contributed by atoms with E-state index in [-0.39, 0.29) is 5.92 Å². The van der Waals surface area contributed by atoms with Gasteiger partial charge in [-0.25, -0.2) is 13.4 Å². The van der Waals surface area contributed by atoms with Crippen LogP contribution in [0.5, 0.6) is 0 Å². The van der Waals surface area contributed by atoms with Crippen molar-refractivity contribution in [3.8, 4) is 11.4 Å². The maximum Gasteiger partial charge on any atom is 0.243 e. The Labute approximate surface area is 163 Å². The minimum Gasteiger partial charge on any atom is -0.384 e. The Kier molecular flexibility index (Phi) is 4.86. The highest BCUT2D eigenvalue weighted by molar-refractivity contribution is 7.89. The number of nitrogen functional groups attached to an aromatic ring is 1. The summed E-state index contributed by atoms with van der Waals surface area (Å²) >= 11 is 0. The molecular weight excluding hydrogens is 378 g/mol. The van der Waals surface area contributed by atoms with Crippen molar-refractivity contribution in [1.82, 2.24) is 19.4 Å². The number of benzene rings is 1. The van der Waals surface area contributed by atoms with Crippen LogP contribution < -0.4 is 5.73 Å². The number of piperidine rings is 1. The molecule has 4 rings (SSSR count). The number of hydrogen-bond donors (Lipinski definition) is 1. The highest BCUT2D eigenvalue weighted by Gasteiger charge is 2.33. The number of nitrogens with two attached hydrogens (primary N) is 1. The molecule has 0 saturated carbocycles. The van der Waals surface area contributed by atoms with Crippen LogP contribution in [0.4, 0.5) is 5.82 Å². The van der Waals surface area contributed by atoms with E-state index in [1.807, 2.05) is 6.92 Å². The van der Waals surface area contributed by atoms with Crippen molar-refractivity contribution in [3.63, 3.8) is 0 Å².